The lowest BCUT2D eigenvalue weighted by Gasteiger charge is -2.42. The van der Waals surface area contributed by atoms with Gasteiger partial charge in [-0.3, -0.25) is 4.79 Å². The van der Waals surface area contributed by atoms with Crippen molar-refractivity contribution in [1.82, 2.24) is 4.90 Å². The Kier molecular flexibility index (Phi) is 10.2. The lowest BCUT2D eigenvalue weighted by atomic mass is 9.94. The summed E-state index contributed by atoms with van der Waals surface area (Å²) in [6, 6.07) is 3.89. The number of carbonyl (C=O) groups is 2. The highest BCUT2D eigenvalue weighted by molar-refractivity contribution is 9.10. The summed E-state index contributed by atoms with van der Waals surface area (Å²) in [5, 5.41) is 0. The highest BCUT2D eigenvalue weighted by atomic mass is 79.9. The molecule has 0 aromatic heterocycles. The topological polar surface area (TPSA) is 83.5 Å². The molecular weight excluding hydrogens is 530 g/mol. The van der Waals surface area contributed by atoms with Crippen LogP contribution in [0.2, 0.25) is 0 Å². The fraction of sp³-hybridized carbons (Fsp3) is 0.630. The summed E-state index contributed by atoms with van der Waals surface area (Å²) in [5.74, 6) is -0.0133. The normalized spacial score (nSPS) is 26.8. The molecule has 3 rings (SSSR count). The molecule has 1 aromatic carbocycles. The fourth-order valence-corrected chi connectivity index (χ4v) is 5.56. The molecule has 0 N–H and O–H groups in total. The van der Waals surface area contributed by atoms with Gasteiger partial charge in [0.1, 0.15) is 0 Å². The zero-order valence-electron chi connectivity index (χ0n) is 21.9. The minimum atomic E-state index is -0.985. The third kappa shape index (κ3) is 7.23. The highest BCUT2D eigenvalue weighted by Crippen LogP contribution is 2.37. The minimum Gasteiger partial charge on any atom is -0.493 e. The number of piperidine rings is 1. The number of ether oxygens (including phenoxy) is 5. The summed E-state index contributed by atoms with van der Waals surface area (Å²) < 4.78 is 28.9. The first kappa shape index (κ1) is 28.5. The van der Waals surface area contributed by atoms with Crippen molar-refractivity contribution in [2.24, 2.45) is 0 Å². The Hall–Kier alpha value is -2.10. The molecule has 0 saturated carbocycles. The summed E-state index contributed by atoms with van der Waals surface area (Å²) in [6.45, 7) is 4.52. The number of likely N-dealkylation sites (tertiary alicyclic amines) is 1. The van der Waals surface area contributed by atoms with Crippen molar-refractivity contribution in [3.8, 4) is 11.5 Å². The lowest BCUT2D eigenvalue weighted by Crippen LogP contribution is -2.46. The molecule has 1 unspecified atom stereocenters. The van der Waals surface area contributed by atoms with Crippen molar-refractivity contribution < 1.29 is 33.3 Å². The fourth-order valence-electron chi connectivity index (χ4n) is 5.11. The average Bonchev–Trinajstić information content (AvgIpc) is 2.84. The highest BCUT2D eigenvalue weighted by Gasteiger charge is 2.38. The molecule has 8 nitrogen and oxygen atoms in total. The standard InChI is InChI=1S/C27H38BrNO7/c1-18-14-19(2)36-27(35-18,13-11-26(31)34-5)12-7-9-21-8-6-10-25(30)29(21)17-20-15-23(32-3)24(33-4)16-22(20)28/h11,13,15-16,18-19,21H,6-10,12,14,17H2,1-5H3/b13-11+/t18-,19-,21?/m0/s1. The molecule has 9 heteroatoms. The minimum absolute atomic E-state index is 0.00575. The van der Waals surface area contributed by atoms with Gasteiger partial charge >= 0.3 is 5.97 Å². The van der Waals surface area contributed by atoms with E-state index in [4.69, 9.17) is 23.7 Å². The Morgan fingerprint density at radius 2 is 1.83 bits per heavy atom. The quantitative estimate of drug-likeness (QED) is 0.285. The van der Waals surface area contributed by atoms with E-state index in [1.807, 2.05) is 30.9 Å². The summed E-state index contributed by atoms with van der Waals surface area (Å²) in [6.07, 6.45) is 8.37. The summed E-state index contributed by atoms with van der Waals surface area (Å²) >= 11 is 3.62. The van der Waals surface area contributed by atoms with Gasteiger partial charge in [0.2, 0.25) is 5.91 Å². The molecule has 0 radical (unpaired) electrons. The largest absolute Gasteiger partial charge is 0.493 e. The van der Waals surface area contributed by atoms with Crippen molar-refractivity contribution in [2.45, 2.75) is 89.4 Å². The van der Waals surface area contributed by atoms with Crippen LogP contribution < -0.4 is 9.47 Å². The molecule has 2 aliphatic rings. The van der Waals surface area contributed by atoms with Gasteiger partial charge in [-0.05, 0) is 69.7 Å². The van der Waals surface area contributed by atoms with Crippen LogP contribution in [0.4, 0.5) is 0 Å². The van der Waals surface area contributed by atoms with Crippen LogP contribution in [0.5, 0.6) is 11.5 Å². The Morgan fingerprint density at radius 3 is 2.47 bits per heavy atom. The van der Waals surface area contributed by atoms with Gasteiger partial charge in [0.05, 0.1) is 33.5 Å². The lowest BCUT2D eigenvalue weighted by molar-refractivity contribution is -0.288. The van der Waals surface area contributed by atoms with Crippen LogP contribution in [0, 0.1) is 0 Å². The van der Waals surface area contributed by atoms with Gasteiger partial charge in [-0.1, -0.05) is 15.9 Å². The predicted molar refractivity (Wildman–Crippen MR) is 139 cm³/mol. The maximum atomic E-state index is 13.0. The van der Waals surface area contributed by atoms with E-state index in [1.54, 1.807) is 20.3 Å². The Labute approximate surface area is 222 Å². The number of carbonyl (C=O) groups excluding carboxylic acids is 2. The van der Waals surface area contributed by atoms with E-state index in [9.17, 15) is 9.59 Å². The molecule has 1 amide bonds. The van der Waals surface area contributed by atoms with E-state index in [0.717, 1.165) is 42.1 Å². The number of rotatable bonds is 10. The van der Waals surface area contributed by atoms with Gasteiger partial charge < -0.3 is 28.6 Å². The van der Waals surface area contributed by atoms with E-state index < -0.39 is 11.8 Å². The SMILES string of the molecule is COC(=O)/C=C/C1(CCCC2CCCC(=O)N2Cc2cc(OC)c(OC)cc2Br)O[C@@H](C)C[C@H](C)O1. The molecule has 0 bridgehead atoms. The van der Waals surface area contributed by atoms with Gasteiger partial charge in [0, 0.05) is 36.0 Å². The van der Waals surface area contributed by atoms with E-state index in [0.29, 0.717) is 30.9 Å². The number of benzene rings is 1. The second-order valence-corrected chi connectivity index (χ2v) is 10.4. The summed E-state index contributed by atoms with van der Waals surface area (Å²) in [7, 11) is 4.55. The number of nitrogens with zero attached hydrogens (tertiary/aromatic N) is 1. The summed E-state index contributed by atoms with van der Waals surface area (Å²) in [5.41, 5.74) is 0.965. The third-order valence-corrected chi connectivity index (χ3v) is 7.52. The van der Waals surface area contributed by atoms with Gasteiger partial charge in [0.15, 0.2) is 17.3 Å². The van der Waals surface area contributed by atoms with Crippen molar-refractivity contribution in [1.29, 1.82) is 0 Å². The molecule has 1 aromatic rings. The number of esters is 1. The van der Waals surface area contributed by atoms with E-state index in [2.05, 4.69) is 15.9 Å². The smallest absolute Gasteiger partial charge is 0.330 e. The zero-order valence-corrected chi connectivity index (χ0v) is 23.5. The molecule has 200 valence electrons. The first-order chi connectivity index (χ1) is 17.2. The van der Waals surface area contributed by atoms with Crippen LogP contribution in [0.3, 0.4) is 0 Å². The first-order valence-electron chi connectivity index (χ1n) is 12.5. The van der Waals surface area contributed by atoms with Crippen molar-refractivity contribution in [3.63, 3.8) is 0 Å². The number of halogens is 1. The predicted octanol–water partition coefficient (Wildman–Crippen LogP) is 5.16. The number of methoxy groups -OCH3 is 3. The van der Waals surface area contributed by atoms with E-state index >= 15 is 0 Å². The molecule has 2 saturated heterocycles. The van der Waals surface area contributed by atoms with Crippen molar-refractivity contribution >= 4 is 27.8 Å². The maximum Gasteiger partial charge on any atom is 0.330 e. The van der Waals surface area contributed by atoms with Crippen LogP contribution in [0.25, 0.3) is 0 Å². The number of hydrogen-bond donors (Lipinski definition) is 0. The molecule has 2 fully saturated rings. The summed E-state index contributed by atoms with van der Waals surface area (Å²) in [4.78, 5) is 26.7. The maximum absolute atomic E-state index is 13.0. The third-order valence-electron chi connectivity index (χ3n) is 6.78. The van der Waals surface area contributed by atoms with Gasteiger partial charge in [-0.15, -0.1) is 0 Å². The van der Waals surface area contributed by atoms with Gasteiger partial charge in [0.25, 0.3) is 0 Å². The molecule has 0 spiro atoms. The van der Waals surface area contributed by atoms with Crippen LogP contribution in [-0.4, -0.2) is 62.1 Å². The molecule has 2 aliphatic heterocycles. The van der Waals surface area contributed by atoms with Crippen molar-refractivity contribution in [3.05, 3.63) is 34.3 Å². The van der Waals surface area contributed by atoms with Crippen LogP contribution in [-0.2, 0) is 30.3 Å². The molecule has 36 heavy (non-hydrogen) atoms. The number of hydrogen-bond acceptors (Lipinski definition) is 7. The van der Waals surface area contributed by atoms with Crippen LogP contribution in [0.15, 0.2) is 28.8 Å². The molecular formula is C27H38BrNO7. The van der Waals surface area contributed by atoms with E-state index in [1.165, 1.54) is 13.2 Å². The molecule has 2 heterocycles. The Balaban J connectivity index is 1.72. The molecule has 3 atom stereocenters. The van der Waals surface area contributed by atoms with Crippen LogP contribution >= 0.6 is 15.9 Å². The number of amides is 1. The second kappa shape index (κ2) is 12.9. The average molecular weight is 569 g/mol. The Morgan fingerprint density at radius 1 is 1.17 bits per heavy atom. The van der Waals surface area contributed by atoms with Gasteiger partial charge in [-0.25, -0.2) is 4.79 Å². The second-order valence-electron chi connectivity index (χ2n) is 9.52. The zero-order chi connectivity index (χ0) is 26.3. The first-order valence-corrected chi connectivity index (χ1v) is 13.3. The van der Waals surface area contributed by atoms with Crippen molar-refractivity contribution in [2.75, 3.05) is 21.3 Å². The van der Waals surface area contributed by atoms with Crippen LogP contribution in [0.1, 0.15) is 64.4 Å². The van der Waals surface area contributed by atoms with E-state index in [-0.39, 0.29) is 24.2 Å². The molecule has 0 aliphatic carbocycles. The monoisotopic (exact) mass is 567 g/mol. The Bertz CT molecular complexity index is 940. The van der Waals surface area contributed by atoms with Gasteiger partial charge in [-0.2, -0.15) is 0 Å².